The topological polar surface area (TPSA) is 52.6 Å². The predicted molar refractivity (Wildman–Crippen MR) is 112 cm³/mol. The molecule has 4 nitrogen and oxygen atoms in total. The van der Waals surface area contributed by atoms with Gasteiger partial charge in [-0.25, -0.2) is 9.59 Å². The van der Waals surface area contributed by atoms with Crippen molar-refractivity contribution in [2.24, 2.45) is 0 Å². The molecule has 0 fully saturated rings. The zero-order valence-corrected chi connectivity index (χ0v) is 18.3. The maximum absolute atomic E-state index is 12.4. The number of unbranched alkanes of at least 4 members (excludes halogenated alkanes) is 8. The molecule has 0 radical (unpaired) electrons. The van der Waals surface area contributed by atoms with Gasteiger partial charge in [-0.1, -0.05) is 81.1 Å². The molecule has 0 bridgehead atoms. The molecule has 1 aromatic rings. The lowest BCUT2D eigenvalue weighted by Gasteiger charge is -2.10. The molecule has 0 unspecified atom stereocenters. The Kier molecular flexibility index (Phi) is 12.9. The van der Waals surface area contributed by atoms with Crippen molar-refractivity contribution in [1.82, 2.24) is 0 Å². The summed E-state index contributed by atoms with van der Waals surface area (Å²) in [5.74, 6) is -0.936. The van der Waals surface area contributed by atoms with Crippen molar-refractivity contribution in [2.75, 3.05) is 13.2 Å². The van der Waals surface area contributed by atoms with Crippen LogP contribution in [0, 0.1) is 0 Å². The molecule has 1 aromatic carbocycles. The fourth-order valence-corrected chi connectivity index (χ4v) is 3.12. The lowest BCUT2D eigenvalue weighted by Crippen LogP contribution is -2.15. The van der Waals surface area contributed by atoms with E-state index in [0.29, 0.717) is 13.2 Å². The van der Waals surface area contributed by atoms with Crippen molar-refractivity contribution in [3.8, 4) is 0 Å². The molecule has 0 aliphatic carbocycles. The van der Waals surface area contributed by atoms with E-state index in [1.54, 1.807) is 18.2 Å². The highest BCUT2D eigenvalue weighted by Crippen LogP contribution is 2.19. The zero-order valence-electron chi connectivity index (χ0n) is 16.7. The van der Waals surface area contributed by atoms with E-state index in [1.807, 2.05) is 0 Å². The summed E-state index contributed by atoms with van der Waals surface area (Å²) in [6, 6.07) is 4.97. The minimum atomic E-state index is -0.471. The van der Waals surface area contributed by atoms with Crippen LogP contribution in [-0.2, 0) is 9.47 Å². The molecule has 5 heteroatoms. The van der Waals surface area contributed by atoms with E-state index in [-0.39, 0.29) is 11.1 Å². The number of esters is 2. The van der Waals surface area contributed by atoms with Crippen LogP contribution in [0.2, 0.25) is 0 Å². The summed E-state index contributed by atoms with van der Waals surface area (Å²) in [5.41, 5.74) is 0.525. The van der Waals surface area contributed by atoms with E-state index in [2.05, 4.69) is 29.8 Å². The molecule has 0 heterocycles. The van der Waals surface area contributed by atoms with Crippen LogP contribution in [-0.4, -0.2) is 25.2 Å². The molecule has 0 N–H and O–H groups in total. The number of carbonyl (C=O) groups excluding carboxylic acids is 2. The molecule has 0 saturated heterocycles. The number of rotatable bonds is 14. The van der Waals surface area contributed by atoms with Gasteiger partial charge in [0.1, 0.15) is 0 Å². The normalized spacial score (nSPS) is 10.6. The molecule has 0 atom stereocenters. The van der Waals surface area contributed by atoms with Gasteiger partial charge in [-0.2, -0.15) is 0 Å². The average molecular weight is 441 g/mol. The van der Waals surface area contributed by atoms with Crippen LogP contribution in [0.4, 0.5) is 0 Å². The van der Waals surface area contributed by atoms with Crippen LogP contribution < -0.4 is 0 Å². The number of carbonyl (C=O) groups is 2. The fourth-order valence-electron chi connectivity index (χ4n) is 2.76. The number of benzene rings is 1. The van der Waals surface area contributed by atoms with Crippen molar-refractivity contribution in [3.05, 3.63) is 33.8 Å². The summed E-state index contributed by atoms with van der Waals surface area (Å²) in [5, 5.41) is 0. The van der Waals surface area contributed by atoms with E-state index in [1.165, 1.54) is 25.7 Å². The van der Waals surface area contributed by atoms with E-state index in [9.17, 15) is 9.59 Å². The Bertz CT molecular complexity index is 571. The maximum atomic E-state index is 12.4. The van der Waals surface area contributed by atoms with Crippen LogP contribution >= 0.6 is 15.9 Å². The standard InChI is InChI=1S/C22H33BrO4/c1-3-5-7-9-11-15-26-21(24)19-14-13-18(23)17-20(19)22(25)27-16-12-10-8-6-4-2/h13-14,17H,3-12,15-16H2,1-2H3. The Morgan fingerprint density at radius 3 is 1.74 bits per heavy atom. The van der Waals surface area contributed by atoms with E-state index in [4.69, 9.17) is 9.47 Å². The summed E-state index contributed by atoms with van der Waals surface area (Å²) in [4.78, 5) is 24.8. The first-order valence-corrected chi connectivity index (χ1v) is 11.0. The van der Waals surface area contributed by atoms with E-state index in [0.717, 1.165) is 43.0 Å². The van der Waals surface area contributed by atoms with Crippen LogP contribution in [0.1, 0.15) is 98.8 Å². The Morgan fingerprint density at radius 2 is 1.22 bits per heavy atom. The second-order valence-electron chi connectivity index (χ2n) is 6.79. The quantitative estimate of drug-likeness (QED) is 0.238. The van der Waals surface area contributed by atoms with Crippen molar-refractivity contribution in [3.63, 3.8) is 0 Å². The fraction of sp³-hybridized carbons (Fsp3) is 0.636. The van der Waals surface area contributed by atoms with Crippen molar-refractivity contribution in [1.29, 1.82) is 0 Å². The molecule has 0 aliphatic heterocycles. The smallest absolute Gasteiger partial charge is 0.339 e. The van der Waals surface area contributed by atoms with Crippen LogP contribution in [0.25, 0.3) is 0 Å². The molecule has 0 aromatic heterocycles. The molecular weight excluding hydrogens is 408 g/mol. The van der Waals surface area contributed by atoms with Crippen molar-refractivity contribution >= 4 is 27.9 Å². The summed E-state index contributed by atoms with van der Waals surface area (Å²) < 4.78 is 11.4. The van der Waals surface area contributed by atoms with Gasteiger partial charge in [0.2, 0.25) is 0 Å². The molecule has 0 spiro atoms. The second kappa shape index (κ2) is 14.7. The first kappa shape index (κ1) is 23.7. The van der Waals surface area contributed by atoms with Crippen molar-refractivity contribution < 1.29 is 19.1 Å². The first-order valence-electron chi connectivity index (χ1n) is 10.2. The Morgan fingerprint density at radius 1 is 0.741 bits per heavy atom. The number of hydrogen-bond acceptors (Lipinski definition) is 4. The van der Waals surface area contributed by atoms with Gasteiger partial charge in [0.15, 0.2) is 0 Å². The van der Waals surface area contributed by atoms with Gasteiger partial charge in [-0.15, -0.1) is 0 Å². The predicted octanol–water partition coefficient (Wildman–Crippen LogP) is 6.70. The minimum Gasteiger partial charge on any atom is -0.462 e. The molecular formula is C22H33BrO4. The highest BCUT2D eigenvalue weighted by Gasteiger charge is 2.20. The molecule has 0 saturated carbocycles. The van der Waals surface area contributed by atoms with Crippen molar-refractivity contribution in [2.45, 2.75) is 78.1 Å². The highest BCUT2D eigenvalue weighted by molar-refractivity contribution is 9.10. The Hall–Kier alpha value is -1.36. The molecule has 0 amide bonds. The summed E-state index contributed by atoms with van der Waals surface area (Å²) in [7, 11) is 0. The number of hydrogen-bond donors (Lipinski definition) is 0. The third-order valence-corrected chi connectivity index (χ3v) is 4.88. The summed E-state index contributed by atoms with van der Waals surface area (Å²) >= 11 is 3.35. The monoisotopic (exact) mass is 440 g/mol. The molecule has 1 rings (SSSR count). The summed E-state index contributed by atoms with van der Waals surface area (Å²) in [6.45, 7) is 5.09. The van der Waals surface area contributed by atoms with Gasteiger partial charge in [-0.05, 0) is 31.0 Å². The van der Waals surface area contributed by atoms with E-state index >= 15 is 0 Å². The van der Waals surface area contributed by atoms with Crippen LogP contribution in [0.15, 0.2) is 22.7 Å². The average Bonchev–Trinajstić information content (AvgIpc) is 2.66. The molecule has 152 valence electrons. The molecule has 27 heavy (non-hydrogen) atoms. The molecule has 0 aliphatic rings. The van der Waals surface area contributed by atoms with Gasteiger partial charge in [0.05, 0.1) is 24.3 Å². The van der Waals surface area contributed by atoms with Gasteiger partial charge in [-0.3, -0.25) is 0 Å². The lowest BCUT2D eigenvalue weighted by molar-refractivity contribution is 0.0450. The zero-order chi connectivity index (χ0) is 19.9. The maximum Gasteiger partial charge on any atom is 0.339 e. The van der Waals surface area contributed by atoms with Crippen LogP contribution in [0.3, 0.4) is 0 Å². The largest absolute Gasteiger partial charge is 0.462 e. The van der Waals surface area contributed by atoms with Crippen LogP contribution in [0.5, 0.6) is 0 Å². The third kappa shape index (κ3) is 9.94. The number of ether oxygens (including phenoxy) is 2. The van der Waals surface area contributed by atoms with Gasteiger partial charge in [0.25, 0.3) is 0 Å². The second-order valence-corrected chi connectivity index (χ2v) is 7.71. The van der Waals surface area contributed by atoms with Gasteiger partial charge in [0, 0.05) is 4.47 Å². The lowest BCUT2D eigenvalue weighted by atomic mass is 10.1. The van der Waals surface area contributed by atoms with E-state index < -0.39 is 11.9 Å². The highest BCUT2D eigenvalue weighted by atomic mass is 79.9. The third-order valence-electron chi connectivity index (χ3n) is 4.38. The summed E-state index contributed by atoms with van der Waals surface area (Å²) in [6.07, 6.45) is 10.9. The van der Waals surface area contributed by atoms with Gasteiger partial charge >= 0.3 is 11.9 Å². The van der Waals surface area contributed by atoms with Gasteiger partial charge < -0.3 is 9.47 Å². The minimum absolute atomic E-state index is 0.258. The Labute approximate surface area is 172 Å². The first-order chi connectivity index (χ1) is 13.1. The number of halogens is 1. The Balaban J connectivity index is 2.52. The SMILES string of the molecule is CCCCCCCOC(=O)c1ccc(Br)cc1C(=O)OCCCCCCC.